The minimum absolute atomic E-state index is 0. The molecule has 158 valence electrons. The van der Waals surface area contributed by atoms with Crippen LogP contribution in [0.2, 0.25) is 0 Å². The van der Waals surface area contributed by atoms with Crippen molar-refractivity contribution in [3.63, 3.8) is 0 Å². The molecule has 1 amide bonds. The van der Waals surface area contributed by atoms with Crippen molar-refractivity contribution in [3.8, 4) is 5.69 Å². The fraction of sp³-hybridized carbons (Fsp3) is 0.417. The fourth-order valence-corrected chi connectivity index (χ4v) is 5.05. The second-order valence-electron chi connectivity index (χ2n) is 8.46. The molecular weight excluding hydrogens is 396 g/mol. The summed E-state index contributed by atoms with van der Waals surface area (Å²) in [6.45, 7) is 0. The molecule has 3 heterocycles. The van der Waals surface area contributed by atoms with E-state index in [9.17, 15) is 4.79 Å². The van der Waals surface area contributed by atoms with Gasteiger partial charge in [-0.3, -0.25) is 9.36 Å². The number of aryl methyl sites for hydroxylation is 1. The van der Waals surface area contributed by atoms with Crippen LogP contribution in [0.15, 0.2) is 54.6 Å². The Morgan fingerprint density at radius 2 is 1.73 bits per heavy atom. The molecule has 0 aliphatic carbocycles. The third kappa shape index (κ3) is 3.96. The zero-order valence-corrected chi connectivity index (χ0v) is 18.1. The van der Waals surface area contributed by atoms with E-state index >= 15 is 0 Å². The number of amides is 1. The number of piperidine rings is 1. The van der Waals surface area contributed by atoms with Crippen LogP contribution < -0.4 is 5.32 Å². The van der Waals surface area contributed by atoms with E-state index in [1.54, 1.807) is 0 Å². The number of fused-ring (bicyclic) bond motifs is 3. The maximum Gasteiger partial charge on any atom is 0.223 e. The number of hydrogen-bond donors (Lipinski definition) is 1. The number of carbonyl (C=O) groups is 1. The summed E-state index contributed by atoms with van der Waals surface area (Å²) in [6.07, 6.45) is 5.81. The smallest absolute Gasteiger partial charge is 0.223 e. The molecule has 0 saturated carbocycles. The average Bonchev–Trinajstić information content (AvgIpc) is 3.30. The highest BCUT2D eigenvalue weighted by Crippen LogP contribution is 2.30. The number of benzene rings is 2. The van der Waals surface area contributed by atoms with Crippen molar-refractivity contribution in [2.75, 3.05) is 7.05 Å². The highest BCUT2D eigenvalue weighted by atomic mass is 35.5. The van der Waals surface area contributed by atoms with Crippen LogP contribution in [0.3, 0.4) is 0 Å². The zero-order chi connectivity index (χ0) is 19.8. The molecule has 5 nitrogen and oxygen atoms in total. The number of carbonyl (C=O) groups excluding carboxylic acids is 1. The monoisotopic (exact) mass is 424 g/mol. The van der Waals surface area contributed by atoms with E-state index < -0.39 is 0 Å². The highest BCUT2D eigenvalue weighted by molar-refractivity contribution is 5.85. The minimum Gasteiger partial charge on any atom is -0.343 e. The van der Waals surface area contributed by atoms with Crippen LogP contribution in [-0.4, -0.2) is 45.5 Å². The quantitative estimate of drug-likeness (QED) is 0.670. The molecule has 30 heavy (non-hydrogen) atoms. The third-order valence-electron chi connectivity index (χ3n) is 6.60. The predicted octanol–water partition coefficient (Wildman–Crippen LogP) is 4.12. The Bertz CT molecular complexity index is 1010. The molecule has 3 aromatic rings. The SMILES string of the molecule is CN(C(=O)CCc1nc2ccccc2n1-c1ccccc1)C1CC2CCC(C1)N2.Cl. The first-order valence-electron chi connectivity index (χ1n) is 10.7. The molecule has 1 N–H and O–H groups in total. The summed E-state index contributed by atoms with van der Waals surface area (Å²) in [7, 11) is 1.98. The van der Waals surface area contributed by atoms with E-state index in [1.165, 1.54) is 12.8 Å². The number of halogens is 1. The molecule has 2 aromatic carbocycles. The molecule has 2 bridgehead atoms. The predicted molar refractivity (Wildman–Crippen MR) is 122 cm³/mol. The van der Waals surface area contributed by atoms with Crippen molar-refractivity contribution < 1.29 is 4.79 Å². The van der Waals surface area contributed by atoms with Gasteiger partial charge in [0.1, 0.15) is 5.82 Å². The Morgan fingerprint density at radius 1 is 1.07 bits per heavy atom. The van der Waals surface area contributed by atoms with Gasteiger partial charge in [-0.25, -0.2) is 4.98 Å². The number of rotatable bonds is 5. The van der Waals surface area contributed by atoms with Gasteiger partial charge in [-0.2, -0.15) is 0 Å². The van der Waals surface area contributed by atoms with Gasteiger partial charge in [-0.05, 0) is 49.9 Å². The second kappa shape index (κ2) is 8.78. The van der Waals surface area contributed by atoms with Crippen molar-refractivity contribution in [3.05, 3.63) is 60.4 Å². The van der Waals surface area contributed by atoms with Gasteiger partial charge in [-0.15, -0.1) is 12.4 Å². The third-order valence-corrected chi connectivity index (χ3v) is 6.60. The lowest BCUT2D eigenvalue weighted by atomic mass is 9.98. The Labute approximate surface area is 183 Å². The standard InChI is InChI=1S/C24H28N4O.ClH/c1-27(20-15-17-11-12-18(16-20)25-17)24(29)14-13-23-26-21-9-5-6-10-22(21)28(23)19-7-3-2-4-8-19;/h2-10,17-18,20,25H,11-16H2,1H3;1H. The van der Waals surface area contributed by atoms with Crippen LogP contribution in [0.1, 0.15) is 37.9 Å². The van der Waals surface area contributed by atoms with Crippen LogP contribution in [0.4, 0.5) is 0 Å². The van der Waals surface area contributed by atoms with E-state index in [0.717, 1.165) is 35.4 Å². The summed E-state index contributed by atoms with van der Waals surface area (Å²) < 4.78 is 2.19. The number of aromatic nitrogens is 2. The number of hydrogen-bond acceptors (Lipinski definition) is 3. The van der Waals surface area contributed by atoms with E-state index in [2.05, 4.69) is 28.1 Å². The van der Waals surface area contributed by atoms with Gasteiger partial charge >= 0.3 is 0 Å². The maximum atomic E-state index is 13.0. The minimum atomic E-state index is 0. The van der Waals surface area contributed by atoms with Crippen molar-refractivity contribution in [2.24, 2.45) is 0 Å². The number of imidazole rings is 1. The van der Waals surface area contributed by atoms with Crippen LogP contribution in [0.25, 0.3) is 16.7 Å². The molecule has 2 atom stereocenters. The lowest BCUT2D eigenvalue weighted by Gasteiger charge is -2.35. The first-order valence-corrected chi connectivity index (χ1v) is 10.7. The molecule has 2 unspecified atom stereocenters. The fourth-order valence-electron chi connectivity index (χ4n) is 5.05. The number of para-hydroxylation sites is 3. The summed E-state index contributed by atoms with van der Waals surface area (Å²) in [4.78, 5) is 19.8. The van der Waals surface area contributed by atoms with Gasteiger partial charge in [0.15, 0.2) is 0 Å². The van der Waals surface area contributed by atoms with Crippen LogP contribution in [0.5, 0.6) is 0 Å². The first-order chi connectivity index (χ1) is 14.2. The maximum absolute atomic E-state index is 13.0. The van der Waals surface area contributed by atoms with Gasteiger partial charge in [-0.1, -0.05) is 30.3 Å². The highest BCUT2D eigenvalue weighted by Gasteiger charge is 2.36. The molecule has 2 fully saturated rings. The summed E-state index contributed by atoms with van der Waals surface area (Å²) in [6, 6.07) is 20.0. The lowest BCUT2D eigenvalue weighted by Crippen LogP contribution is -2.48. The summed E-state index contributed by atoms with van der Waals surface area (Å²) in [5.41, 5.74) is 3.15. The Morgan fingerprint density at radius 3 is 2.47 bits per heavy atom. The van der Waals surface area contributed by atoms with Crippen LogP contribution >= 0.6 is 12.4 Å². The number of nitrogens with one attached hydrogen (secondary N) is 1. The molecule has 0 radical (unpaired) electrons. The molecule has 5 rings (SSSR count). The van der Waals surface area contributed by atoms with Gasteiger partial charge < -0.3 is 10.2 Å². The molecule has 1 aromatic heterocycles. The second-order valence-corrected chi connectivity index (χ2v) is 8.46. The molecule has 0 spiro atoms. The van der Waals surface area contributed by atoms with Gasteiger partial charge in [0.05, 0.1) is 11.0 Å². The van der Waals surface area contributed by atoms with E-state index in [4.69, 9.17) is 4.98 Å². The Kier molecular flexibility index (Phi) is 6.11. The van der Waals surface area contributed by atoms with Gasteiger partial charge in [0, 0.05) is 43.7 Å². The Balaban J connectivity index is 0.00000218. The molecule has 2 aliphatic heterocycles. The largest absolute Gasteiger partial charge is 0.343 e. The molecule has 2 aliphatic rings. The average molecular weight is 425 g/mol. The van der Waals surface area contributed by atoms with Crippen molar-refractivity contribution >= 4 is 29.3 Å². The van der Waals surface area contributed by atoms with Gasteiger partial charge in [0.25, 0.3) is 0 Å². The summed E-state index contributed by atoms with van der Waals surface area (Å²) in [5.74, 6) is 1.17. The first kappa shape index (κ1) is 20.9. The molecular formula is C24H29ClN4O. The Hall–Kier alpha value is -2.37. The van der Waals surface area contributed by atoms with Crippen molar-refractivity contribution in [1.29, 1.82) is 0 Å². The van der Waals surface area contributed by atoms with E-state index in [0.29, 0.717) is 31.0 Å². The van der Waals surface area contributed by atoms with E-state index in [-0.39, 0.29) is 18.3 Å². The van der Waals surface area contributed by atoms with Crippen LogP contribution in [-0.2, 0) is 11.2 Å². The molecule has 2 saturated heterocycles. The van der Waals surface area contributed by atoms with Crippen molar-refractivity contribution in [2.45, 2.75) is 56.7 Å². The molecule has 6 heteroatoms. The lowest BCUT2D eigenvalue weighted by molar-refractivity contribution is -0.132. The summed E-state index contributed by atoms with van der Waals surface area (Å²) in [5, 5.41) is 3.66. The van der Waals surface area contributed by atoms with Gasteiger partial charge in [0.2, 0.25) is 5.91 Å². The van der Waals surface area contributed by atoms with Crippen molar-refractivity contribution in [1.82, 2.24) is 19.8 Å². The number of nitrogens with zero attached hydrogens (tertiary/aromatic N) is 3. The zero-order valence-electron chi connectivity index (χ0n) is 17.3. The van der Waals surface area contributed by atoms with Crippen LogP contribution in [0, 0.1) is 0 Å². The normalized spacial score (nSPS) is 22.6. The summed E-state index contributed by atoms with van der Waals surface area (Å²) >= 11 is 0. The topological polar surface area (TPSA) is 50.2 Å². The van der Waals surface area contributed by atoms with E-state index in [1.807, 2.05) is 48.3 Å².